The Bertz CT molecular complexity index is 877. The minimum absolute atomic E-state index is 0.442. The minimum atomic E-state index is -0.615. The molecule has 3 aromatic rings. The van der Waals surface area contributed by atoms with Gasteiger partial charge in [-0.05, 0) is 37.1 Å². The van der Waals surface area contributed by atoms with Crippen LogP contribution in [0, 0.1) is 13.8 Å². The molecular formula is C17H20N4O3. The molecule has 0 bridgehead atoms. The number of rotatable bonds is 4. The van der Waals surface area contributed by atoms with Crippen LogP contribution in [0.25, 0.3) is 11.0 Å². The van der Waals surface area contributed by atoms with Gasteiger partial charge < -0.3 is 18.5 Å². The standard InChI is InChI=1S/C17H20N4O3/c1-11-6-13-14(7-12(11)2)21(10-18-13)8-15-19-20-16(24-15)17(22-3)4-5-23-9-17/h6-7,10H,4-5,8-9H2,1-3H3. The van der Waals surface area contributed by atoms with Gasteiger partial charge in [-0.15, -0.1) is 10.2 Å². The molecule has 1 unspecified atom stereocenters. The van der Waals surface area contributed by atoms with Crippen LogP contribution in [-0.2, 0) is 21.6 Å². The van der Waals surface area contributed by atoms with Crippen molar-refractivity contribution in [1.82, 2.24) is 19.7 Å². The van der Waals surface area contributed by atoms with E-state index in [0.717, 1.165) is 17.5 Å². The van der Waals surface area contributed by atoms with Crippen LogP contribution in [0.1, 0.15) is 29.3 Å². The second-order valence-corrected chi connectivity index (χ2v) is 6.30. The van der Waals surface area contributed by atoms with Gasteiger partial charge in [0.1, 0.15) is 6.54 Å². The van der Waals surface area contributed by atoms with Gasteiger partial charge in [-0.25, -0.2) is 4.98 Å². The fourth-order valence-corrected chi connectivity index (χ4v) is 3.05. The van der Waals surface area contributed by atoms with E-state index in [9.17, 15) is 0 Å². The van der Waals surface area contributed by atoms with E-state index in [1.807, 2.05) is 4.57 Å². The summed E-state index contributed by atoms with van der Waals surface area (Å²) in [4.78, 5) is 4.46. The smallest absolute Gasteiger partial charge is 0.250 e. The molecule has 126 valence electrons. The van der Waals surface area contributed by atoms with E-state index in [-0.39, 0.29) is 0 Å². The van der Waals surface area contributed by atoms with Crippen molar-refractivity contribution in [2.45, 2.75) is 32.4 Å². The molecule has 1 atom stereocenters. The Hall–Kier alpha value is -2.25. The quantitative estimate of drug-likeness (QED) is 0.732. The highest BCUT2D eigenvalue weighted by molar-refractivity contribution is 5.77. The Labute approximate surface area is 139 Å². The third-order valence-electron chi connectivity index (χ3n) is 4.77. The van der Waals surface area contributed by atoms with Gasteiger partial charge in [0.25, 0.3) is 5.89 Å². The second-order valence-electron chi connectivity index (χ2n) is 6.30. The predicted molar refractivity (Wildman–Crippen MR) is 86.7 cm³/mol. The Kier molecular flexibility index (Phi) is 3.62. The Morgan fingerprint density at radius 3 is 2.83 bits per heavy atom. The molecule has 1 aliphatic rings. The summed E-state index contributed by atoms with van der Waals surface area (Å²) in [5.41, 5.74) is 3.88. The zero-order valence-electron chi connectivity index (χ0n) is 14.1. The summed E-state index contributed by atoms with van der Waals surface area (Å²) in [5, 5.41) is 8.35. The number of hydrogen-bond acceptors (Lipinski definition) is 6. The van der Waals surface area contributed by atoms with Gasteiger partial charge in [0, 0.05) is 13.5 Å². The normalized spacial score (nSPS) is 21.0. The first kappa shape index (κ1) is 15.3. The van der Waals surface area contributed by atoms with E-state index in [1.165, 1.54) is 11.1 Å². The lowest BCUT2D eigenvalue weighted by Gasteiger charge is -2.20. The first-order valence-electron chi connectivity index (χ1n) is 7.99. The zero-order chi connectivity index (χ0) is 16.7. The van der Waals surface area contributed by atoms with Crippen molar-refractivity contribution in [3.05, 3.63) is 41.4 Å². The molecule has 0 radical (unpaired) electrons. The van der Waals surface area contributed by atoms with Crippen LogP contribution in [-0.4, -0.2) is 40.1 Å². The maximum absolute atomic E-state index is 5.86. The summed E-state index contributed by atoms with van der Waals surface area (Å²) in [7, 11) is 1.65. The van der Waals surface area contributed by atoms with Gasteiger partial charge in [0.15, 0.2) is 5.60 Å². The summed E-state index contributed by atoms with van der Waals surface area (Å²) >= 11 is 0. The van der Waals surface area contributed by atoms with E-state index in [1.54, 1.807) is 13.4 Å². The van der Waals surface area contributed by atoms with Crippen molar-refractivity contribution < 1.29 is 13.9 Å². The lowest BCUT2D eigenvalue weighted by atomic mass is 10.0. The van der Waals surface area contributed by atoms with Gasteiger partial charge in [0.05, 0.1) is 30.6 Å². The number of aryl methyl sites for hydroxylation is 2. The number of aromatic nitrogens is 4. The SMILES string of the molecule is COC1(c2nnc(Cn3cnc4cc(C)c(C)cc43)o2)CCOC1. The molecule has 0 spiro atoms. The Balaban J connectivity index is 1.64. The maximum Gasteiger partial charge on any atom is 0.250 e. The highest BCUT2D eigenvalue weighted by Gasteiger charge is 2.42. The fourth-order valence-electron chi connectivity index (χ4n) is 3.05. The lowest BCUT2D eigenvalue weighted by Crippen LogP contribution is -2.29. The molecule has 0 aliphatic carbocycles. The number of ether oxygens (including phenoxy) is 2. The van der Waals surface area contributed by atoms with Crippen LogP contribution in [0.3, 0.4) is 0 Å². The fraction of sp³-hybridized carbons (Fsp3) is 0.471. The summed E-state index contributed by atoms with van der Waals surface area (Å²) in [6.45, 7) is 5.74. The number of hydrogen-bond donors (Lipinski definition) is 0. The highest BCUT2D eigenvalue weighted by atomic mass is 16.6. The van der Waals surface area contributed by atoms with Crippen LogP contribution in [0.5, 0.6) is 0 Å². The molecule has 1 aromatic carbocycles. The first-order valence-corrected chi connectivity index (χ1v) is 7.99. The van der Waals surface area contributed by atoms with E-state index in [4.69, 9.17) is 13.9 Å². The molecule has 0 N–H and O–H groups in total. The largest absolute Gasteiger partial charge is 0.420 e. The van der Waals surface area contributed by atoms with Crippen molar-refractivity contribution >= 4 is 11.0 Å². The predicted octanol–water partition coefficient (Wildman–Crippen LogP) is 2.35. The third kappa shape index (κ3) is 2.40. The summed E-state index contributed by atoms with van der Waals surface area (Å²) < 4.78 is 18.9. The Morgan fingerprint density at radius 1 is 1.25 bits per heavy atom. The van der Waals surface area contributed by atoms with Gasteiger partial charge in [-0.2, -0.15) is 0 Å². The molecule has 0 amide bonds. The highest BCUT2D eigenvalue weighted by Crippen LogP contribution is 2.33. The van der Waals surface area contributed by atoms with Crippen molar-refractivity contribution in [3.8, 4) is 0 Å². The monoisotopic (exact) mass is 328 g/mol. The average Bonchev–Trinajstić information content (AvgIpc) is 3.30. The summed E-state index contributed by atoms with van der Waals surface area (Å²) in [5.74, 6) is 1.01. The number of imidazole rings is 1. The minimum Gasteiger partial charge on any atom is -0.420 e. The molecule has 24 heavy (non-hydrogen) atoms. The summed E-state index contributed by atoms with van der Waals surface area (Å²) in [6, 6.07) is 4.23. The van der Waals surface area contributed by atoms with E-state index >= 15 is 0 Å². The number of fused-ring (bicyclic) bond motifs is 1. The number of benzene rings is 1. The topological polar surface area (TPSA) is 75.2 Å². The second kappa shape index (κ2) is 5.68. The van der Waals surface area contributed by atoms with Gasteiger partial charge >= 0.3 is 0 Å². The molecule has 4 rings (SSSR count). The molecule has 7 nitrogen and oxygen atoms in total. The van der Waals surface area contributed by atoms with E-state index in [2.05, 4.69) is 41.2 Å². The van der Waals surface area contributed by atoms with Crippen LogP contribution in [0.2, 0.25) is 0 Å². The maximum atomic E-state index is 5.86. The van der Waals surface area contributed by atoms with Gasteiger partial charge in [0.2, 0.25) is 5.89 Å². The number of methoxy groups -OCH3 is 1. The zero-order valence-corrected chi connectivity index (χ0v) is 14.1. The van der Waals surface area contributed by atoms with Crippen molar-refractivity contribution in [2.24, 2.45) is 0 Å². The third-order valence-corrected chi connectivity index (χ3v) is 4.77. The average molecular weight is 328 g/mol. The van der Waals surface area contributed by atoms with Crippen molar-refractivity contribution in [1.29, 1.82) is 0 Å². The molecule has 2 aromatic heterocycles. The lowest BCUT2D eigenvalue weighted by molar-refractivity contribution is -0.0417. The molecule has 1 saturated heterocycles. The van der Waals surface area contributed by atoms with E-state index < -0.39 is 5.60 Å². The van der Waals surface area contributed by atoms with Gasteiger partial charge in [-0.3, -0.25) is 0 Å². The van der Waals surface area contributed by atoms with Crippen LogP contribution in [0.15, 0.2) is 22.9 Å². The molecule has 0 saturated carbocycles. The molecule has 7 heteroatoms. The number of nitrogens with zero attached hydrogens (tertiary/aromatic N) is 4. The van der Waals surface area contributed by atoms with Crippen LogP contribution < -0.4 is 0 Å². The molecule has 1 fully saturated rings. The molecular weight excluding hydrogens is 308 g/mol. The van der Waals surface area contributed by atoms with Crippen molar-refractivity contribution in [3.63, 3.8) is 0 Å². The van der Waals surface area contributed by atoms with Crippen LogP contribution >= 0.6 is 0 Å². The molecule has 3 heterocycles. The van der Waals surface area contributed by atoms with Gasteiger partial charge in [-0.1, -0.05) is 0 Å². The first-order chi connectivity index (χ1) is 11.6. The summed E-state index contributed by atoms with van der Waals surface area (Å²) in [6.07, 6.45) is 2.52. The molecule has 1 aliphatic heterocycles. The van der Waals surface area contributed by atoms with E-state index in [0.29, 0.717) is 31.5 Å². The van der Waals surface area contributed by atoms with Crippen LogP contribution in [0.4, 0.5) is 0 Å². The van der Waals surface area contributed by atoms with Crippen molar-refractivity contribution in [2.75, 3.05) is 20.3 Å². The Morgan fingerprint density at radius 2 is 2.08 bits per heavy atom.